The average molecular weight is 501 g/mol. The first-order valence-electron chi connectivity index (χ1n) is 11.7. The summed E-state index contributed by atoms with van der Waals surface area (Å²) in [7, 11) is 0. The molecule has 2 saturated heterocycles. The summed E-state index contributed by atoms with van der Waals surface area (Å²) >= 11 is 1.35. The lowest BCUT2D eigenvalue weighted by molar-refractivity contribution is -0.384. The number of anilines is 2. The first-order chi connectivity index (χ1) is 17.5. The van der Waals surface area contributed by atoms with Crippen molar-refractivity contribution in [1.82, 2.24) is 0 Å². The van der Waals surface area contributed by atoms with Crippen LogP contribution in [-0.2, 0) is 27.3 Å². The van der Waals surface area contributed by atoms with Gasteiger partial charge in [-0.15, -0.1) is 11.3 Å². The predicted molar refractivity (Wildman–Crippen MR) is 131 cm³/mol. The molecule has 3 heterocycles. The average Bonchev–Trinajstić information content (AvgIpc) is 3.54. The van der Waals surface area contributed by atoms with Gasteiger partial charge in [-0.05, 0) is 48.9 Å². The van der Waals surface area contributed by atoms with Crippen molar-refractivity contribution >= 4 is 39.5 Å². The molecule has 0 saturated carbocycles. The number of benzene rings is 2. The molecule has 2 fully saturated rings. The highest BCUT2D eigenvalue weighted by atomic mass is 32.1. The van der Waals surface area contributed by atoms with Gasteiger partial charge in [0.05, 0.1) is 22.2 Å². The van der Waals surface area contributed by atoms with E-state index in [2.05, 4.69) is 6.07 Å². The molecular formula is C26H20N4O5S. The van der Waals surface area contributed by atoms with E-state index < -0.39 is 34.8 Å². The number of fused-ring (bicyclic) bond motifs is 2. The largest absolute Gasteiger partial charge is 0.273 e. The van der Waals surface area contributed by atoms with Crippen LogP contribution in [0.2, 0.25) is 0 Å². The minimum atomic E-state index is -1.07. The Bertz CT molecular complexity index is 1430. The maximum absolute atomic E-state index is 13.9. The number of nitriles is 1. The first kappa shape index (κ1) is 22.4. The van der Waals surface area contributed by atoms with Gasteiger partial charge >= 0.3 is 0 Å². The van der Waals surface area contributed by atoms with Gasteiger partial charge in [0.1, 0.15) is 17.0 Å². The van der Waals surface area contributed by atoms with E-state index in [9.17, 15) is 25.0 Å². The number of carbonyl (C=O) groups excluding carboxylic acids is 2. The highest BCUT2D eigenvalue weighted by Crippen LogP contribution is 2.50. The smallest absolute Gasteiger partial charge is 0.269 e. The van der Waals surface area contributed by atoms with Gasteiger partial charge in [-0.25, -0.2) is 9.96 Å². The van der Waals surface area contributed by atoms with E-state index in [0.717, 1.165) is 41.0 Å². The first-order valence-corrected chi connectivity index (χ1v) is 12.5. The van der Waals surface area contributed by atoms with Crippen molar-refractivity contribution < 1.29 is 19.3 Å². The molecule has 3 unspecified atom stereocenters. The van der Waals surface area contributed by atoms with Crippen LogP contribution in [0.3, 0.4) is 0 Å². The number of amides is 2. The lowest BCUT2D eigenvalue weighted by atomic mass is 9.90. The Balaban J connectivity index is 1.43. The van der Waals surface area contributed by atoms with Crippen molar-refractivity contribution in [3.05, 3.63) is 86.3 Å². The molecule has 3 aliphatic rings. The normalized spacial score (nSPS) is 22.9. The third-order valence-electron chi connectivity index (χ3n) is 7.04. The van der Waals surface area contributed by atoms with Crippen LogP contribution in [0.5, 0.6) is 0 Å². The lowest BCUT2D eigenvalue weighted by Gasteiger charge is -2.28. The van der Waals surface area contributed by atoms with Crippen LogP contribution in [-0.4, -0.2) is 22.8 Å². The Morgan fingerprint density at radius 3 is 2.44 bits per heavy atom. The number of non-ortho nitro benzene ring substituents is 1. The quantitative estimate of drug-likeness (QED) is 0.295. The number of nitro benzene ring substituents is 1. The molecule has 36 heavy (non-hydrogen) atoms. The lowest BCUT2D eigenvalue weighted by Crippen LogP contribution is -2.37. The molecule has 180 valence electrons. The van der Waals surface area contributed by atoms with Crippen LogP contribution in [0.25, 0.3) is 0 Å². The van der Waals surface area contributed by atoms with Gasteiger partial charge in [0.2, 0.25) is 5.91 Å². The van der Waals surface area contributed by atoms with Gasteiger partial charge in [0, 0.05) is 17.0 Å². The second kappa shape index (κ2) is 8.55. The molecule has 6 rings (SSSR count). The van der Waals surface area contributed by atoms with Crippen LogP contribution in [0.15, 0.2) is 54.6 Å². The molecular weight excluding hydrogens is 480 g/mol. The summed E-state index contributed by atoms with van der Waals surface area (Å²) in [5.41, 5.74) is 2.56. The van der Waals surface area contributed by atoms with Gasteiger partial charge in [0.25, 0.3) is 11.6 Å². The van der Waals surface area contributed by atoms with Gasteiger partial charge in [-0.2, -0.15) is 5.26 Å². The zero-order chi connectivity index (χ0) is 25.0. The number of aryl methyl sites for hydroxylation is 1. The molecule has 3 atom stereocenters. The van der Waals surface area contributed by atoms with E-state index in [-0.39, 0.29) is 5.69 Å². The van der Waals surface area contributed by atoms with Crippen molar-refractivity contribution in [3.8, 4) is 6.07 Å². The number of thiophene rings is 1. The number of hydrogen-bond acceptors (Lipinski definition) is 8. The topological polar surface area (TPSA) is 117 Å². The Morgan fingerprint density at radius 1 is 1.03 bits per heavy atom. The minimum absolute atomic E-state index is 0.0706. The van der Waals surface area contributed by atoms with E-state index >= 15 is 0 Å². The molecule has 0 spiro atoms. The van der Waals surface area contributed by atoms with Gasteiger partial charge in [-0.1, -0.05) is 30.3 Å². The second-order valence-electron chi connectivity index (χ2n) is 9.02. The van der Waals surface area contributed by atoms with E-state index in [1.165, 1.54) is 23.5 Å². The number of nitrogens with zero attached hydrogens (tertiary/aromatic N) is 4. The van der Waals surface area contributed by atoms with Crippen LogP contribution in [0, 0.1) is 27.4 Å². The fraction of sp³-hybridized carbons (Fsp3) is 0.269. The highest BCUT2D eigenvalue weighted by Gasteiger charge is 2.61. The maximum Gasteiger partial charge on any atom is 0.269 e. The number of hydroxylamine groups is 1. The van der Waals surface area contributed by atoms with E-state index in [1.807, 2.05) is 30.3 Å². The van der Waals surface area contributed by atoms with Crippen molar-refractivity contribution in [3.63, 3.8) is 0 Å². The molecule has 0 bridgehead atoms. The van der Waals surface area contributed by atoms with Crippen molar-refractivity contribution in [2.24, 2.45) is 5.92 Å². The standard InChI is InChI=1S/C26H20N4O5S/c27-14-19-18-8-4-5-9-20(18)36-26(19)28-24(31)21-22(15-10-12-17(13-11-15)30(33)34)29(35-23(21)25(28)32)16-6-2-1-3-7-16/h1-3,6-7,10-13,21-23H,4-5,8-9H2. The number of carbonyl (C=O) groups is 2. The SMILES string of the molecule is N#Cc1c(N2C(=O)C3ON(c4ccccc4)C(c4ccc([N+](=O)[O-])cc4)C3C2=O)sc2c1CCCC2. The highest BCUT2D eigenvalue weighted by molar-refractivity contribution is 7.17. The van der Waals surface area contributed by atoms with E-state index in [4.69, 9.17) is 4.84 Å². The molecule has 9 nitrogen and oxygen atoms in total. The summed E-state index contributed by atoms with van der Waals surface area (Å²) in [5, 5.41) is 23.0. The molecule has 1 aliphatic carbocycles. The molecule has 10 heteroatoms. The van der Waals surface area contributed by atoms with Crippen molar-refractivity contribution in [2.45, 2.75) is 37.8 Å². The Hall–Kier alpha value is -4.07. The number of imide groups is 1. The zero-order valence-corrected chi connectivity index (χ0v) is 19.8. The van der Waals surface area contributed by atoms with Crippen LogP contribution < -0.4 is 9.96 Å². The number of para-hydroxylation sites is 1. The Labute approximate surface area is 210 Å². The van der Waals surface area contributed by atoms with Crippen LogP contribution in [0.1, 0.15) is 40.5 Å². The Kier molecular flexibility index (Phi) is 5.32. The summed E-state index contributed by atoms with van der Waals surface area (Å²) in [6.45, 7) is 0. The van der Waals surface area contributed by atoms with E-state index in [1.54, 1.807) is 17.2 Å². The molecule has 2 amide bonds. The maximum atomic E-state index is 13.9. The summed E-state index contributed by atoms with van der Waals surface area (Å²) in [5.74, 6) is -1.79. The van der Waals surface area contributed by atoms with Crippen LogP contribution in [0.4, 0.5) is 16.4 Å². The number of hydrogen-bond donors (Lipinski definition) is 0. The van der Waals surface area contributed by atoms with Gasteiger partial charge in [0.15, 0.2) is 6.10 Å². The summed E-state index contributed by atoms with van der Waals surface area (Å²) in [6, 6.07) is 16.6. The van der Waals surface area contributed by atoms with Gasteiger partial charge in [-0.3, -0.25) is 24.5 Å². The van der Waals surface area contributed by atoms with E-state index in [0.29, 0.717) is 21.8 Å². The molecule has 3 aromatic rings. The molecule has 0 N–H and O–H groups in total. The third-order valence-corrected chi connectivity index (χ3v) is 8.32. The summed E-state index contributed by atoms with van der Waals surface area (Å²) in [6.07, 6.45) is 2.52. The fourth-order valence-corrected chi connectivity index (χ4v) is 6.72. The van der Waals surface area contributed by atoms with Crippen molar-refractivity contribution in [1.29, 1.82) is 5.26 Å². The zero-order valence-electron chi connectivity index (χ0n) is 19.0. The Morgan fingerprint density at radius 2 is 1.75 bits per heavy atom. The summed E-state index contributed by atoms with van der Waals surface area (Å²) < 4.78 is 0. The third kappa shape index (κ3) is 3.31. The second-order valence-corrected chi connectivity index (χ2v) is 10.1. The summed E-state index contributed by atoms with van der Waals surface area (Å²) in [4.78, 5) is 46.6. The predicted octanol–water partition coefficient (Wildman–Crippen LogP) is 4.46. The molecule has 2 aromatic carbocycles. The van der Waals surface area contributed by atoms with Gasteiger partial charge < -0.3 is 0 Å². The minimum Gasteiger partial charge on any atom is -0.273 e. The molecule has 2 aliphatic heterocycles. The number of nitro groups is 1. The van der Waals surface area contributed by atoms with Crippen molar-refractivity contribution in [2.75, 3.05) is 9.96 Å². The molecule has 1 aromatic heterocycles. The molecule has 0 radical (unpaired) electrons. The number of rotatable bonds is 4. The monoisotopic (exact) mass is 500 g/mol. The van der Waals surface area contributed by atoms with Crippen LogP contribution >= 0.6 is 11.3 Å². The fourth-order valence-electron chi connectivity index (χ4n) is 5.37.